The number of hydrogen-bond acceptors (Lipinski definition) is 3. The summed E-state index contributed by atoms with van der Waals surface area (Å²) in [5.74, 6) is 1.09. The van der Waals surface area contributed by atoms with Crippen LogP contribution < -0.4 is 14.8 Å². The molecular formula is C21H26N4O2+2. The van der Waals surface area contributed by atoms with Crippen LogP contribution in [0.25, 0.3) is 0 Å². The monoisotopic (exact) mass is 366 g/mol. The van der Waals surface area contributed by atoms with Crippen molar-refractivity contribution in [2.24, 2.45) is 0 Å². The number of carbonyl (C=O) groups excluding carboxylic acids is 2. The van der Waals surface area contributed by atoms with Crippen molar-refractivity contribution < 1.29 is 19.5 Å². The summed E-state index contributed by atoms with van der Waals surface area (Å²) >= 11 is 0. The van der Waals surface area contributed by atoms with Crippen molar-refractivity contribution in [1.82, 2.24) is 4.90 Å². The molecule has 1 aromatic carbocycles. The first-order valence-corrected chi connectivity index (χ1v) is 9.67. The van der Waals surface area contributed by atoms with E-state index >= 15 is 0 Å². The number of hydrogen-bond donors (Lipinski definition) is 1. The fraction of sp³-hybridized carbons (Fsp3) is 0.381. The van der Waals surface area contributed by atoms with Crippen LogP contribution in [0.5, 0.6) is 0 Å². The summed E-state index contributed by atoms with van der Waals surface area (Å²) in [6, 6.07) is 15.9. The van der Waals surface area contributed by atoms with E-state index in [1.54, 1.807) is 0 Å². The summed E-state index contributed by atoms with van der Waals surface area (Å²) in [7, 11) is 0. The molecule has 2 N–H and O–H groups in total. The molecule has 2 amide bonds. The van der Waals surface area contributed by atoms with Gasteiger partial charge in [0.25, 0.3) is 11.7 Å². The van der Waals surface area contributed by atoms with E-state index in [0.717, 1.165) is 44.0 Å². The Labute approximate surface area is 159 Å². The van der Waals surface area contributed by atoms with E-state index in [0.29, 0.717) is 13.0 Å². The zero-order chi connectivity index (χ0) is 18.6. The number of quaternary nitrogens is 1. The Bertz CT molecular complexity index is 788. The van der Waals surface area contributed by atoms with Crippen molar-refractivity contribution in [2.45, 2.75) is 18.9 Å². The Balaban J connectivity index is 1.34. The van der Waals surface area contributed by atoms with Crippen LogP contribution >= 0.6 is 0 Å². The standard InChI is InChI=1S/C21H24N4O2/c26-20-16-18(21(27)25(20)11-9-17-6-2-1-3-7-17)23-12-14-24(15-13-23)19-8-4-5-10-22-19/h1-8,10,18H,9,11-16H2/p+2/t18-/m1/s1. The molecule has 6 heteroatoms. The van der Waals surface area contributed by atoms with E-state index in [9.17, 15) is 9.59 Å². The number of likely N-dealkylation sites (tertiary alicyclic amines) is 1. The van der Waals surface area contributed by atoms with Gasteiger partial charge < -0.3 is 4.90 Å². The van der Waals surface area contributed by atoms with E-state index in [1.165, 1.54) is 9.80 Å². The Hall–Kier alpha value is -2.73. The van der Waals surface area contributed by atoms with Crippen molar-refractivity contribution in [1.29, 1.82) is 0 Å². The van der Waals surface area contributed by atoms with Crippen LogP contribution in [0.2, 0.25) is 0 Å². The summed E-state index contributed by atoms with van der Waals surface area (Å²) in [6.07, 6.45) is 3.00. The highest BCUT2D eigenvalue weighted by Crippen LogP contribution is 2.13. The largest absolute Gasteiger partial charge is 0.318 e. The normalized spacial score (nSPS) is 21.1. The van der Waals surface area contributed by atoms with E-state index in [4.69, 9.17) is 0 Å². The molecule has 2 aliphatic rings. The number of carbonyl (C=O) groups is 2. The lowest BCUT2D eigenvalue weighted by molar-refractivity contribution is -0.915. The van der Waals surface area contributed by atoms with Gasteiger partial charge in [0.15, 0.2) is 6.04 Å². The van der Waals surface area contributed by atoms with Crippen LogP contribution in [-0.2, 0) is 16.0 Å². The molecule has 140 valence electrons. The van der Waals surface area contributed by atoms with Gasteiger partial charge in [-0.25, -0.2) is 4.98 Å². The molecular weight excluding hydrogens is 340 g/mol. The minimum Gasteiger partial charge on any atom is -0.318 e. The Kier molecular flexibility index (Phi) is 5.16. The Morgan fingerprint density at radius 2 is 1.74 bits per heavy atom. The SMILES string of the molecule is O=C1C[C@@H]([NH+]2CCN(c3cccc[nH+]3)CC2)C(=O)N1CCc1ccccc1. The van der Waals surface area contributed by atoms with Crippen molar-refractivity contribution >= 4 is 17.6 Å². The number of nitrogens with one attached hydrogen (secondary N) is 2. The van der Waals surface area contributed by atoms with Gasteiger partial charge in [0, 0.05) is 12.6 Å². The molecule has 0 spiro atoms. The summed E-state index contributed by atoms with van der Waals surface area (Å²) in [5, 5.41) is 0. The zero-order valence-corrected chi connectivity index (χ0v) is 15.4. The number of rotatable bonds is 5. The van der Waals surface area contributed by atoms with Crippen molar-refractivity contribution in [3.63, 3.8) is 0 Å². The van der Waals surface area contributed by atoms with E-state index in [1.807, 2.05) is 48.7 Å². The fourth-order valence-electron chi connectivity index (χ4n) is 4.09. The predicted octanol–water partition coefficient (Wildman–Crippen LogP) is -0.424. The third-order valence-electron chi connectivity index (χ3n) is 5.64. The summed E-state index contributed by atoms with van der Waals surface area (Å²) in [5.41, 5.74) is 1.15. The third-order valence-corrected chi connectivity index (χ3v) is 5.64. The number of H-pyrrole nitrogens is 1. The molecule has 1 atom stereocenters. The first-order valence-electron chi connectivity index (χ1n) is 9.67. The number of nitrogens with zero attached hydrogens (tertiary/aromatic N) is 2. The first kappa shape index (κ1) is 17.7. The van der Waals surface area contributed by atoms with Gasteiger partial charge in [0.2, 0.25) is 5.91 Å². The summed E-state index contributed by atoms with van der Waals surface area (Å²) in [4.78, 5) is 33.6. The van der Waals surface area contributed by atoms with Crippen LogP contribution in [0, 0.1) is 0 Å². The predicted molar refractivity (Wildman–Crippen MR) is 101 cm³/mol. The molecule has 0 radical (unpaired) electrons. The lowest BCUT2D eigenvalue weighted by Crippen LogP contribution is -3.19. The van der Waals surface area contributed by atoms with E-state index in [-0.39, 0.29) is 17.9 Å². The molecule has 2 saturated heterocycles. The molecule has 2 aliphatic heterocycles. The van der Waals surface area contributed by atoms with Gasteiger partial charge in [0.05, 0.1) is 12.6 Å². The molecule has 2 aromatic rings. The van der Waals surface area contributed by atoms with Crippen LogP contribution in [0.15, 0.2) is 54.7 Å². The number of pyridine rings is 1. The molecule has 0 unspecified atom stereocenters. The van der Waals surface area contributed by atoms with Gasteiger partial charge in [-0.3, -0.25) is 19.4 Å². The van der Waals surface area contributed by atoms with E-state index < -0.39 is 0 Å². The number of anilines is 1. The van der Waals surface area contributed by atoms with Gasteiger partial charge in [-0.1, -0.05) is 36.4 Å². The number of piperazine rings is 1. The average Bonchev–Trinajstić information content (AvgIpc) is 3.01. The smallest absolute Gasteiger partial charge is 0.288 e. The molecule has 6 nitrogen and oxygen atoms in total. The first-order chi connectivity index (χ1) is 13.2. The van der Waals surface area contributed by atoms with Gasteiger partial charge in [-0.05, 0) is 18.1 Å². The number of amides is 2. The Morgan fingerprint density at radius 3 is 2.44 bits per heavy atom. The highest BCUT2D eigenvalue weighted by atomic mass is 16.2. The zero-order valence-electron chi connectivity index (χ0n) is 15.4. The van der Waals surface area contributed by atoms with Crippen LogP contribution in [0.1, 0.15) is 12.0 Å². The van der Waals surface area contributed by atoms with Gasteiger partial charge >= 0.3 is 0 Å². The van der Waals surface area contributed by atoms with Crippen LogP contribution in [0.4, 0.5) is 5.82 Å². The van der Waals surface area contributed by atoms with Crippen molar-refractivity contribution in [3.05, 3.63) is 60.3 Å². The molecule has 3 heterocycles. The molecule has 2 fully saturated rings. The number of aromatic amines is 1. The second-order valence-corrected chi connectivity index (χ2v) is 7.27. The number of aromatic nitrogens is 1. The Morgan fingerprint density at radius 1 is 1.00 bits per heavy atom. The van der Waals surface area contributed by atoms with E-state index in [2.05, 4.69) is 16.0 Å². The maximum atomic E-state index is 12.9. The topological polar surface area (TPSA) is 59.2 Å². The highest BCUT2D eigenvalue weighted by Gasteiger charge is 2.46. The molecule has 4 rings (SSSR count). The third kappa shape index (κ3) is 3.85. The minimum atomic E-state index is -0.213. The summed E-state index contributed by atoms with van der Waals surface area (Å²) in [6.45, 7) is 4.00. The molecule has 0 bridgehead atoms. The van der Waals surface area contributed by atoms with Gasteiger partial charge in [0.1, 0.15) is 26.2 Å². The molecule has 0 saturated carbocycles. The maximum absolute atomic E-state index is 12.9. The molecule has 0 aliphatic carbocycles. The van der Waals surface area contributed by atoms with Crippen molar-refractivity contribution in [3.8, 4) is 0 Å². The lowest BCUT2D eigenvalue weighted by Gasteiger charge is -2.31. The fourth-order valence-corrected chi connectivity index (χ4v) is 4.09. The number of benzene rings is 1. The second-order valence-electron chi connectivity index (χ2n) is 7.27. The van der Waals surface area contributed by atoms with Crippen molar-refractivity contribution in [2.75, 3.05) is 37.6 Å². The molecule has 1 aromatic heterocycles. The quantitative estimate of drug-likeness (QED) is 0.731. The highest BCUT2D eigenvalue weighted by molar-refractivity contribution is 6.04. The van der Waals surface area contributed by atoms with Gasteiger partial charge in [-0.2, -0.15) is 0 Å². The lowest BCUT2D eigenvalue weighted by atomic mass is 10.1. The summed E-state index contributed by atoms with van der Waals surface area (Å²) < 4.78 is 0. The second kappa shape index (κ2) is 7.88. The maximum Gasteiger partial charge on any atom is 0.288 e. The van der Waals surface area contributed by atoms with Gasteiger partial charge in [-0.15, -0.1) is 0 Å². The van der Waals surface area contributed by atoms with Crippen LogP contribution in [0.3, 0.4) is 0 Å². The van der Waals surface area contributed by atoms with Crippen LogP contribution in [-0.4, -0.2) is 55.5 Å². The number of imide groups is 1. The average molecular weight is 366 g/mol. The molecule has 27 heavy (non-hydrogen) atoms. The minimum absolute atomic E-state index is 0.00524.